The molecule has 148 valence electrons. The largest absolute Gasteiger partial charge is 0.380 e. The van der Waals surface area contributed by atoms with Crippen molar-refractivity contribution in [3.63, 3.8) is 0 Å². The van der Waals surface area contributed by atoms with Crippen LogP contribution in [0.4, 0.5) is 0 Å². The molecule has 0 aliphatic heterocycles. The minimum Gasteiger partial charge on any atom is -0.380 e. The maximum atomic E-state index is 11.8. The highest BCUT2D eigenvalue weighted by atomic mass is 32.2. The van der Waals surface area contributed by atoms with Crippen LogP contribution in [0.3, 0.4) is 0 Å². The molecule has 0 aliphatic rings. The van der Waals surface area contributed by atoms with E-state index in [2.05, 4.69) is 25.9 Å². The summed E-state index contributed by atoms with van der Waals surface area (Å²) in [7, 11) is -3.75. The number of aromatic amines is 1. The molecular formula is C14H26N6O5S. The number of nitrogens with zero attached hydrogens (tertiary/aromatic N) is 3. The van der Waals surface area contributed by atoms with E-state index in [9.17, 15) is 18.0 Å². The molecule has 0 saturated carbocycles. The van der Waals surface area contributed by atoms with Crippen molar-refractivity contribution in [1.82, 2.24) is 30.7 Å². The Balaban J connectivity index is 2.12. The number of H-pyrrole nitrogens is 1. The summed E-state index contributed by atoms with van der Waals surface area (Å²) in [6.45, 7) is 3.45. The molecule has 1 aromatic heterocycles. The number of ether oxygens (including phenoxy) is 1. The molecule has 12 heteroatoms. The third-order valence-electron chi connectivity index (χ3n) is 3.20. The minimum absolute atomic E-state index is 0.0337. The lowest BCUT2D eigenvalue weighted by molar-refractivity contribution is -0.121. The summed E-state index contributed by atoms with van der Waals surface area (Å²) in [6.07, 6.45) is 1.98. The number of rotatable bonds is 14. The predicted octanol–water partition coefficient (Wildman–Crippen LogP) is -0.709. The van der Waals surface area contributed by atoms with Crippen LogP contribution in [0.15, 0.2) is 0 Å². The van der Waals surface area contributed by atoms with Gasteiger partial charge in [-0.05, 0) is 19.3 Å². The molecule has 0 aliphatic carbocycles. The summed E-state index contributed by atoms with van der Waals surface area (Å²) in [5, 5.41) is 15.8. The van der Waals surface area contributed by atoms with Crippen molar-refractivity contribution in [2.75, 3.05) is 25.5 Å². The van der Waals surface area contributed by atoms with Gasteiger partial charge in [0, 0.05) is 32.4 Å². The normalized spacial score (nSPS) is 11.3. The molecule has 26 heavy (non-hydrogen) atoms. The van der Waals surface area contributed by atoms with Crippen LogP contribution in [0.2, 0.25) is 0 Å². The first-order valence-corrected chi connectivity index (χ1v) is 10.2. The molecule has 0 spiro atoms. The van der Waals surface area contributed by atoms with Gasteiger partial charge in [0.15, 0.2) is 5.82 Å². The van der Waals surface area contributed by atoms with Gasteiger partial charge in [0.2, 0.25) is 21.8 Å². The quantitative estimate of drug-likeness (QED) is 0.352. The number of aryl methyl sites for hydroxylation is 1. The Morgan fingerprint density at radius 2 is 1.92 bits per heavy atom. The topological polar surface area (TPSA) is 156 Å². The highest BCUT2D eigenvalue weighted by Gasteiger charge is 2.15. The fraction of sp³-hybridized carbons (Fsp3) is 0.786. The van der Waals surface area contributed by atoms with Crippen molar-refractivity contribution in [2.45, 2.75) is 45.4 Å². The molecule has 11 nitrogen and oxygen atoms in total. The Morgan fingerprint density at radius 1 is 1.15 bits per heavy atom. The Hall–Kier alpha value is -2.08. The standard InChI is InChI=1S/C14H26N6O5S/c1-2-9-25-10-8-15-13(21)7-4-11-26(23,24)18-14(22)6-3-5-12-16-19-20-17-12/h2-11H2,1H3,(H,15,21)(H,18,22)(H,16,17,19,20). The van der Waals surface area contributed by atoms with Gasteiger partial charge in [-0.15, -0.1) is 10.2 Å². The van der Waals surface area contributed by atoms with E-state index in [-0.39, 0.29) is 30.9 Å². The van der Waals surface area contributed by atoms with E-state index in [0.717, 1.165) is 6.42 Å². The Morgan fingerprint density at radius 3 is 2.62 bits per heavy atom. The molecular weight excluding hydrogens is 364 g/mol. The molecule has 2 amide bonds. The fourth-order valence-corrected chi connectivity index (χ4v) is 3.07. The molecule has 0 atom stereocenters. The van der Waals surface area contributed by atoms with Crippen LogP contribution in [0.25, 0.3) is 0 Å². The maximum Gasteiger partial charge on any atom is 0.234 e. The number of hydrogen-bond donors (Lipinski definition) is 3. The van der Waals surface area contributed by atoms with Gasteiger partial charge in [-0.25, -0.2) is 8.42 Å². The molecule has 0 bridgehead atoms. The average molecular weight is 390 g/mol. The van der Waals surface area contributed by atoms with E-state index in [1.54, 1.807) is 0 Å². The lowest BCUT2D eigenvalue weighted by atomic mass is 10.2. The number of carbonyl (C=O) groups excluding carboxylic acids is 2. The van der Waals surface area contributed by atoms with Crippen LogP contribution in [-0.4, -0.2) is 66.4 Å². The zero-order valence-electron chi connectivity index (χ0n) is 14.9. The van der Waals surface area contributed by atoms with Crippen LogP contribution >= 0.6 is 0 Å². The first-order valence-electron chi connectivity index (χ1n) is 8.53. The lowest BCUT2D eigenvalue weighted by Gasteiger charge is -2.07. The Bertz CT molecular complexity index is 634. The Labute approximate surface area is 152 Å². The molecule has 0 radical (unpaired) electrons. The van der Waals surface area contributed by atoms with Crippen LogP contribution in [-0.2, 0) is 30.8 Å². The van der Waals surface area contributed by atoms with Crippen LogP contribution < -0.4 is 10.0 Å². The second-order valence-electron chi connectivity index (χ2n) is 5.59. The summed E-state index contributed by atoms with van der Waals surface area (Å²) < 4.78 is 30.9. The second kappa shape index (κ2) is 12.3. The molecule has 3 N–H and O–H groups in total. The van der Waals surface area contributed by atoms with Crippen molar-refractivity contribution >= 4 is 21.8 Å². The summed E-state index contributed by atoms with van der Waals surface area (Å²) in [5.41, 5.74) is 0. The van der Waals surface area contributed by atoms with E-state index in [1.807, 2.05) is 11.6 Å². The van der Waals surface area contributed by atoms with E-state index in [0.29, 0.717) is 38.4 Å². The number of hydrogen-bond acceptors (Lipinski definition) is 8. The molecule has 1 rings (SSSR count). The summed E-state index contributed by atoms with van der Waals surface area (Å²) >= 11 is 0. The van der Waals surface area contributed by atoms with Crippen molar-refractivity contribution in [2.24, 2.45) is 0 Å². The molecule has 1 heterocycles. The maximum absolute atomic E-state index is 11.8. The summed E-state index contributed by atoms with van der Waals surface area (Å²) in [6, 6.07) is 0. The van der Waals surface area contributed by atoms with Gasteiger partial charge in [-0.1, -0.05) is 12.1 Å². The summed E-state index contributed by atoms with van der Waals surface area (Å²) in [4.78, 5) is 23.2. The van der Waals surface area contributed by atoms with Gasteiger partial charge < -0.3 is 10.1 Å². The zero-order chi connectivity index (χ0) is 19.3. The average Bonchev–Trinajstić information content (AvgIpc) is 3.07. The van der Waals surface area contributed by atoms with E-state index < -0.39 is 15.9 Å². The monoisotopic (exact) mass is 390 g/mol. The lowest BCUT2D eigenvalue weighted by Crippen LogP contribution is -2.33. The Kier molecular flexibility index (Phi) is 10.4. The van der Waals surface area contributed by atoms with Gasteiger partial charge in [0.1, 0.15) is 0 Å². The summed E-state index contributed by atoms with van der Waals surface area (Å²) in [5.74, 6) is -0.659. The minimum atomic E-state index is -3.75. The molecule has 0 saturated heterocycles. The number of tetrazole rings is 1. The zero-order valence-corrected chi connectivity index (χ0v) is 15.7. The third-order valence-corrected chi connectivity index (χ3v) is 4.56. The van der Waals surface area contributed by atoms with Crippen molar-refractivity contribution in [3.05, 3.63) is 5.82 Å². The van der Waals surface area contributed by atoms with Gasteiger partial charge in [0.05, 0.1) is 12.4 Å². The number of amides is 2. The first-order chi connectivity index (χ1) is 12.4. The van der Waals surface area contributed by atoms with Crippen LogP contribution in [0.1, 0.15) is 44.9 Å². The highest BCUT2D eigenvalue weighted by Crippen LogP contribution is 2.00. The molecule has 0 fully saturated rings. The van der Waals surface area contributed by atoms with Gasteiger partial charge in [-0.2, -0.15) is 5.21 Å². The van der Waals surface area contributed by atoms with Gasteiger partial charge >= 0.3 is 0 Å². The van der Waals surface area contributed by atoms with Crippen molar-refractivity contribution in [1.29, 1.82) is 0 Å². The van der Waals surface area contributed by atoms with Gasteiger partial charge in [-0.3, -0.25) is 14.3 Å². The number of carbonyl (C=O) groups is 2. The molecule has 1 aromatic rings. The predicted molar refractivity (Wildman–Crippen MR) is 92.4 cm³/mol. The van der Waals surface area contributed by atoms with E-state index in [4.69, 9.17) is 4.74 Å². The van der Waals surface area contributed by atoms with Gasteiger partial charge in [0.25, 0.3) is 0 Å². The van der Waals surface area contributed by atoms with Crippen molar-refractivity contribution in [3.8, 4) is 0 Å². The smallest absolute Gasteiger partial charge is 0.234 e. The number of nitrogens with one attached hydrogen (secondary N) is 3. The number of aromatic nitrogens is 4. The van der Waals surface area contributed by atoms with Crippen LogP contribution in [0.5, 0.6) is 0 Å². The SMILES string of the molecule is CCCOCCNC(=O)CCCS(=O)(=O)NC(=O)CCCc1nn[nH]n1. The van der Waals surface area contributed by atoms with Crippen molar-refractivity contribution < 1.29 is 22.7 Å². The first kappa shape index (κ1) is 22.0. The van der Waals surface area contributed by atoms with E-state index in [1.165, 1.54) is 0 Å². The molecule has 0 aromatic carbocycles. The van der Waals surface area contributed by atoms with E-state index >= 15 is 0 Å². The molecule has 0 unspecified atom stereocenters. The second-order valence-corrected chi connectivity index (χ2v) is 7.43. The van der Waals surface area contributed by atoms with Crippen LogP contribution in [0, 0.1) is 0 Å². The third kappa shape index (κ3) is 10.7. The fourth-order valence-electron chi connectivity index (χ4n) is 1.99. The number of sulfonamides is 1. The highest BCUT2D eigenvalue weighted by molar-refractivity contribution is 7.90.